The number of carbonyl (C=O) groups is 1. The number of aliphatic hydroxyl groups is 1. The molecule has 110 valence electrons. The van der Waals surface area contributed by atoms with Crippen molar-refractivity contribution in [3.63, 3.8) is 0 Å². The van der Waals surface area contributed by atoms with E-state index >= 15 is 0 Å². The third-order valence-corrected chi connectivity index (χ3v) is 3.36. The molecule has 0 saturated carbocycles. The lowest BCUT2D eigenvalue weighted by Gasteiger charge is -2.35. The molecular weight excluding hydrogens is 258 g/mol. The Kier molecular flexibility index (Phi) is 5.11. The summed E-state index contributed by atoms with van der Waals surface area (Å²) in [6, 6.07) is 7.16. The fourth-order valence-electron chi connectivity index (χ4n) is 2.46. The third-order valence-electron chi connectivity index (χ3n) is 3.36. The zero-order valence-corrected chi connectivity index (χ0v) is 11.9. The second-order valence-corrected chi connectivity index (χ2v) is 5.10. The SMILES string of the molecule is COc1cccc(C(=O)CN2CC(C)OC(CO)C2)c1. The number of hydrogen-bond donors (Lipinski definition) is 1. The highest BCUT2D eigenvalue weighted by Crippen LogP contribution is 2.15. The minimum Gasteiger partial charge on any atom is -0.497 e. The van der Waals surface area contributed by atoms with Gasteiger partial charge in [-0.15, -0.1) is 0 Å². The van der Waals surface area contributed by atoms with Crippen LogP contribution in [0.4, 0.5) is 0 Å². The minimum atomic E-state index is -0.211. The molecule has 0 spiro atoms. The van der Waals surface area contributed by atoms with Gasteiger partial charge in [0.15, 0.2) is 5.78 Å². The number of nitrogens with zero attached hydrogens (tertiary/aromatic N) is 1. The van der Waals surface area contributed by atoms with Crippen molar-refractivity contribution in [2.24, 2.45) is 0 Å². The van der Waals surface area contributed by atoms with E-state index in [0.717, 1.165) is 0 Å². The van der Waals surface area contributed by atoms with E-state index in [0.29, 0.717) is 30.9 Å². The highest BCUT2D eigenvalue weighted by atomic mass is 16.5. The third kappa shape index (κ3) is 3.79. The van der Waals surface area contributed by atoms with Crippen molar-refractivity contribution in [2.75, 3.05) is 33.4 Å². The highest BCUT2D eigenvalue weighted by molar-refractivity contribution is 5.97. The first-order valence-corrected chi connectivity index (χ1v) is 6.78. The summed E-state index contributed by atoms with van der Waals surface area (Å²) >= 11 is 0. The smallest absolute Gasteiger partial charge is 0.176 e. The second-order valence-electron chi connectivity index (χ2n) is 5.10. The number of Topliss-reactive ketones (excluding diaryl/α,β-unsaturated/α-hetero) is 1. The average molecular weight is 279 g/mol. The minimum absolute atomic E-state index is 0.0197. The molecule has 1 aromatic rings. The van der Waals surface area contributed by atoms with E-state index < -0.39 is 0 Å². The van der Waals surface area contributed by atoms with Crippen molar-refractivity contribution >= 4 is 5.78 Å². The Hall–Kier alpha value is -1.43. The van der Waals surface area contributed by atoms with Crippen LogP contribution >= 0.6 is 0 Å². The molecule has 1 fully saturated rings. The molecule has 0 amide bonds. The van der Waals surface area contributed by atoms with E-state index in [4.69, 9.17) is 9.47 Å². The Morgan fingerprint density at radius 1 is 1.50 bits per heavy atom. The Labute approximate surface area is 119 Å². The van der Waals surface area contributed by atoms with Gasteiger partial charge in [-0.2, -0.15) is 0 Å². The summed E-state index contributed by atoms with van der Waals surface area (Å²) in [5, 5.41) is 9.19. The van der Waals surface area contributed by atoms with Crippen LogP contribution in [0.5, 0.6) is 5.75 Å². The monoisotopic (exact) mass is 279 g/mol. The number of ketones is 1. The van der Waals surface area contributed by atoms with Gasteiger partial charge in [0, 0.05) is 18.7 Å². The van der Waals surface area contributed by atoms with Crippen LogP contribution in [0.1, 0.15) is 17.3 Å². The molecule has 5 nitrogen and oxygen atoms in total. The fraction of sp³-hybridized carbons (Fsp3) is 0.533. The van der Waals surface area contributed by atoms with Gasteiger partial charge in [-0.25, -0.2) is 0 Å². The second kappa shape index (κ2) is 6.83. The Balaban J connectivity index is 1.99. The molecule has 2 rings (SSSR count). The lowest BCUT2D eigenvalue weighted by Crippen LogP contribution is -2.49. The van der Waals surface area contributed by atoms with Crippen LogP contribution in [0.2, 0.25) is 0 Å². The molecule has 1 heterocycles. The molecule has 0 aliphatic carbocycles. The number of methoxy groups -OCH3 is 1. The molecule has 2 unspecified atom stereocenters. The van der Waals surface area contributed by atoms with Crippen molar-refractivity contribution in [2.45, 2.75) is 19.1 Å². The summed E-state index contributed by atoms with van der Waals surface area (Å²) in [5.41, 5.74) is 0.643. The number of benzene rings is 1. The van der Waals surface area contributed by atoms with Crippen LogP contribution in [0, 0.1) is 0 Å². The Morgan fingerprint density at radius 2 is 2.30 bits per heavy atom. The first-order valence-electron chi connectivity index (χ1n) is 6.78. The maximum atomic E-state index is 12.3. The summed E-state index contributed by atoms with van der Waals surface area (Å²) in [4.78, 5) is 14.3. The van der Waals surface area contributed by atoms with Gasteiger partial charge in [0.2, 0.25) is 0 Å². The lowest BCUT2D eigenvalue weighted by atomic mass is 10.1. The Morgan fingerprint density at radius 3 is 3.00 bits per heavy atom. The van der Waals surface area contributed by atoms with Gasteiger partial charge in [0.25, 0.3) is 0 Å². The van der Waals surface area contributed by atoms with Crippen molar-refractivity contribution < 1.29 is 19.4 Å². The van der Waals surface area contributed by atoms with Crippen LogP contribution in [0.3, 0.4) is 0 Å². The van der Waals surface area contributed by atoms with Gasteiger partial charge in [-0.3, -0.25) is 9.69 Å². The predicted molar refractivity (Wildman–Crippen MR) is 75.2 cm³/mol. The van der Waals surface area contributed by atoms with Gasteiger partial charge < -0.3 is 14.6 Å². The van der Waals surface area contributed by atoms with Crippen LogP contribution in [0.15, 0.2) is 24.3 Å². The maximum Gasteiger partial charge on any atom is 0.176 e. The summed E-state index contributed by atoms with van der Waals surface area (Å²) in [6.07, 6.45) is -0.184. The molecule has 20 heavy (non-hydrogen) atoms. The number of morpholine rings is 1. The molecule has 1 aliphatic rings. The number of rotatable bonds is 5. The zero-order valence-electron chi connectivity index (χ0n) is 11.9. The van der Waals surface area contributed by atoms with Crippen molar-refractivity contribution in [1.82, 2.24) is 4.90 Å². The number of carbonyl (C=O) groups excluding carboxylic acids is 1. The molecule has 1 aromatic carbocycles. The van der Waals surface area contributed by atoms with Gasteiger partial charge in [-0.1, -0.05) is 12.1 Å². The molecule has 1 aliphatic heterocycles. The lowest BCUT2D eigenvalue weighted by molar-refractivity contribution is -0.0926. The standard InChI is InChI=1S/C15H21NO4/c1-11-7-16(8-14(10-17)20-11)9-15(18)12-4-3-5-13(6-12)19-2/h3-6,11,14,17H,7-10H2,1-2H3. The zero-order chi connectivity index (χ0) is 14.5. The molecule has 0 radical (unpaired) electrons. The molecule has 1 N–H and O–H groups in total. The average Bonchev–Trinajstić information content (AvgIpc) is 2.46. The fourth-order valence-corrected chi connectivity index (χ4v) is 2.46. The van der Waals surface area contributed by atoms with E-state index in [1.54, 1.807) is 19.2 Å². The molecular formula is C15H21NO4. The van der Waals surface area contributed by atoms with Crippen molar-refractivity contribution in [3.05, 3.63) is 29.8 Å². The predicted octanol–water partition coefficient (Wildman–Crippen LogP) is 0.959. The quantitative estimate of drug-likeness (QED) is 0.814. The maximum absolute atomic E-state index is 12.3. The summed E-state index contributed by atoms with van der Waals surface area (Å²) < 4.78 is 10.7. The van der Waals surface area contributed by atoms with Gasteiger partial charge in [-0.05, 0) is 19.1 Å². The molecule has 1 saturated heterocycles. The summed E-state index contributed by atoms with van der Waals surface area (Å²) in [5.74, 6) is 0.731. The molecule has 2 atom stereocenters. The van der Waals surface area contributed by atoms with E-state index in [9.17, 15) is 9.90 Å². The molecule has 0 bridgehead atoms. The number of ether oxygens (including phenoxy) is 2. The van der Waals surface area contributed by atoms with E-state index in [1.807, 2.05) is 24.0 Å². The first-order chi connectivity index (χ1) is 9.62. The van der Waals surface area contributed by atoms with Crippen molar-refractivity contribution in [3.8, 4) is 5.75 Å². The number of hydrogen-bond acceptors (Lipinski definition) is 5. The van der Waals surface area contributed by atoms with Gasteiger partial charge >= 0.3 is 0 Å². The van der Waals surface area contributed by atoms with Crippen LogP contribution in [0.25, 0.3) is 0 Å². The summed E-state index contributed by atoms with van der Waals surface area (Å²) in [7, 11) is 1.58. The molecule has 5 heteroatoms. The van der Waals surface area contributed by atoms with E-state index in [-0.39, 0.29) is 24.6 Å². The molecule has 0 aromatic heterocycles. The van der Waals surface area contributed by atoms with E-state index in [1.165, 1.54) is 0 Å². The van der Waals surface area contributed by atoms with Crippen LogP contribution in [-0.4, -0.2) is 61.3 Å². The number of aliphatic hydroxyl groups excluding tert-OH is 1. The normalized spacial score (nSPS) is 23.6. The Bertz CT molecular complexity index is 463. The first kappa shape index (κ1) is 15.0. The van der Waals surface area contributed by atoms with Crippen LogP contribution in [-0.2, 0) is 4.74 Å². The van der Waals surface area contributed by atoms with Crippen LogP contribution < -0.4 is 4.74 Å². The topological polar surface area (TPSA) is 59.0 Å². The van der Waals surface area contributed by atoms with Gasteiger partial charge in [0.1, 0.15) is 5.75 Å². The largest absolute Gasteiger partial charge is 0.497 e. The summed E-state index contributed by atoms with van der Waals surface area (Å²) in [6.45, 7) is 3.54. The van der Waals surface area contributed by atoms with Gasteiger partial charge in [0.05, 0.1) is 32.5 Å². The van der Waals surface area contributed by atoms with E-state index in [2.05, 4.69) is 0 Å². The van der Waals surface area contributed by atoms with Crippen molar-refractivity contribution in [1.29, 1.82) is 0 Å². The highest BCUT2D eigenvalue weighted by Gasteiger charge is 2.26.